The van der Waals surface area contributed by atoms with Gasteiger partial charge in [0.2, 0.25) is 0 Å². The molecule has 0 saturated heterocycles. The van der Waals surface area contributed by atoms with Gasteiger partial charge in [-0.3, -0.25) is 0 Å². The first-order chi connectivity index (χ1) is 7.81. The summed E-state index contributed by atoms with van der Waals surface area (Å²) in [7, 11) is 2.14. The molecule has 0 aromatic carbocycles. The van der Waals surface area contributed by atoms with Crippen LogP contribution in [0.3, 0.4) is 0 Å². The average molecular weight is 245 g/mol. The molecule has 0 bridgehead atoms. The number of ether oxygens (including phenoxy) is 2. The van der Waals surface area contributed by atoms with Gasteiger partial charge in [-0.15, -0.1) is 0 Å². The van der Waals surface area contributed by atoms with Crippen LogP contribution >= 0.6 is 0 Å². The molecule has 3 heteroatoms. The number of nitrogens with zero attached hydrogens (tertiary/aromatic N) is 1. The van der Waals surface area contributed by atoms with Crippen molar-refractivity contribution in [2.24, 2.45) is 5.92 Å². The van der Waals surface area contributed by atoms with Crippen LogP contribution in [0.1, 0.15) is 41.5 Å². The Morgan fingerprint density at radius 1 is 0.882 bits per heavy atom. The van der Waals surface area contributed by atoms with Crippen molar-refractivity contribution in [1.82, 2.24) is 4.90 Å². The van der Waals surface area contributed by atoms with Crippen LogP contribution in [-0.2, 0) is 9.47 Å². The fourth-order valence-electron chi connectivity index (χ4n) is 1.87. The van der Waals surface area contributed by atoms with E-state index < -0.39 is 0 Å². The highest BCUT2D eigenvalue weighted by Crippen LogP contribution is 2.05. The Bertz CT molecular complexity index is 181. The van der Waals surface area contributed by atoms with E-state index in [1.54, 1.807) is 0 Å². The van der Waals surface area contributed by atoms with Gasteiger partial charge in [0.05, 0.1) is 24.9 Å². The van der Waals surface area contributed by atoms with Gasteiger partial charge < -0.3 is 14.4 Å². The maximum atomic E-state index is 5.89. The van der Waals surface area contributed by atoms with Crippen molar-refractivity contribution in [3.8, 4) is 0 Å². The zero-order valence-corrected chi connectivity index (χ0v) is 12.7. The lowest BCUT2D eigenvalue weighted by molar-refractivity contribution is -0.0685. The van der Waals surface area contributed by atoms with Gasteiger partial charge in [0.15, 0.2) is 0 Å². The van der Waals surface area contributed by atoms with Crippen molar-refractivity contribution in [1.29, 1.82) is 0 Å². The molecule has 3 nitrogen and oxygen atoms in total. The van der Waals surface area contributed by atoms with Crippen molar-refractivity contribution in [2.75, 3.05) is 26.7 Å². The molecule has 104 valence electrons. The maximum absolute atomic E-state index is 5.89. The summed E-state index contributed by atoms with van der Waals surface area (Å²) < 4.78 is 11.5. The summed E-state index contributed by atoms with van der Waals surface area (Å²) in [5.41, 5.74) is 0. The minimum absolute atomic E-state index is 0.168. The van der Waals surface area contributed by atoms with E-state index in [1.807, 2.05) is 0 Å². The van der Waals surface area contributed by atoms with Crippen LogP contribution in [0.5, 0.6) is 0 Å². The van der Waals surface area contributed by atoms with Crippen molar-refractivity contribution < 1.29 is 9.47 Å². The summed E-state index contributed by atoms with van der Waals surface area (Å²) in [4.78, 5) is 2.32. The van der Waals surface area contributed by atoms with Crippen LogP contribution in [0.4, 0.5) is 0 Å². The largest absolute Gasteiger partial charge is 0.376 e. The average Bonchev–Trinajstić information content (AvgIpc) is 2.11. The molecule has 0 fully saturated rings. The molecule has 17 heavy (non-hydrogen) atoms. The minimum atomic E-state index is 0.168. The fraction of sp³-hybridized carbons (Fsp3) is 1.00. The van der Waals surface area contributed by atoms with Gasteiger partial charge in [-0.2, -0.15) is 0 Å². The predicted octanol–water partition coefficient (Wildman–Crippen LogP) is 2.79. The molecule has 0 aliphatic carbocycles. The molecule has 0 aliphatic rings. The van der Waals surface area contributed by atoms with Crippen molar-refractivity contribution in [2.45, 2.75) is 59.9 Å². The zero-order valence-electron chi connectivity index (χ0n) is 12.7. The van der Waals surface area contributed by atoms with Gasteiger partial charge in [0.25, 0.3) is 0 Å². The molecule has 1 atom stereocenters. The van der Waals surface area contributed by atoms with E-state index in [4.69, 9.17) is 9.47 Å². The first kappa shape index (κ1) is 16.9. The molecule has 0 amide bonds. The van der Waals surface area contributed by atoms with Crippen LogP contribution in [0.15, 0.2) is 0 Å². The maximum Gasteiger partial charge on any atom is 0.0938 e. The summed E-state index contributed by atoms with van der Waals surface area (Å²) in [6.45, 7) is 15.4. The standard InChI is InChI=1S/C14H31NO2/c1-11(2)8-15(7)9-14(17-13(5)6)10-16-12(3)4/h11-14H,8-10H2,1-7H3. The third kappa shape index (κ3) is 10.7. The molecule has 1 unspecified atom stereocenters. The Balaban J connectivity index is 4.07. The van der Waals surface area contributed by atoms with Gasteiger partial charge in [-0.1, -0.05) is 13.8 Å². The van der Waals surface area contributed by atoms with Gasteiger partial charge in [0, 0.05) is 13.1 Å². The van der Waals surface area contributed by atoms with Crippen molar-refractivity contribution >= 4 is 0 Å². The number of hydrogen-bond acceptors (Lipinski definition) is 3. The molecule has 0 spiro atoms. The molecule has 0 heterocycles. The van der Waals surface area contributed by atoms with E-state index >= 15 is 0 Å². The van der Waals surface area contributed by atoms with E-state index in [9.17, 15) is 0 Å². The van der Waals surface area contributed by atoms with E-state index in [1.165, 1.54) is 0 Å². The minimum Gasteiger partial charge on any atom is -0.376 e. The lowest BCUT2D eigenvalue weighted by Crippen LogP contribution is -2.38. The smallest absolute Gasteiger partial charge is 0.0938 e. The fourth-order valence-corrected chi connectivity index (χ4v) is 1.87. The van der Waals surface area contributed by atoms with Gasteiger partial charge in [0.1, 0.15) is 0 Å². The highest BCUT2D eigenvalue weighted by Gasteiger charge is 2.15. The Labute approximate surface area is 107 Å². The second-order valence-electron chi connectivity index (χ2n) is 5.80. The van der Waals surface area contributed by atoms with E-state index in [2.05, 4.69) is 53.5 Å². The van der Waals surface area contributed by atoms with Crippen LogP contribution in [0.25, 0.3) is 0 Å². The SMILES string of the molecule is CC(C)CN(C)CC(COC(C)C)OC(C)C. The summed E-state index contributed by atoms with van der Waals surface area (Å²) in [6, 6.07) is 0. The van der Waals surface area contributed by atoms with Crippen LogP contribution < -0.4 is 0 Å². The third-order valence-corrected chi connectivity index (χ3v) is 2.27. The second kappa shape index (κ2) is 8.90. The molecule has 0 N–H and O–H groups in total. The van der Waals surface area contributed by atoms with E-state index in [-0.39, 0.29) is 18.3 Å². The van der Waals surface area contributed by atoms with Crippen molar-refractivity contribution in [3.05, 3.63) is 0 Å². The summed E-state index contributed by atoms with van der Waals surface area (Å²) >= 11 is 0. The molecular weight excluding hydrogens is 214 g/mol. The van der Waals surface area contributed by atoms with Gasteiger partial charge in [-0.25, -0.2) is 0 Å². The lowest BCUT2D eigenvalue weighted by Gasteiger charge is -2.27. The van der Waals surface area contributed by atoms with Crippen LogP contribution in [0, 0.1) is 5.92 Å². The van der Waals surface area contributed by atoms with E-state index in [0.29, 0.717) is 12.5 Å². The highest BCUT2D eigenvalue weighted by molar-refractivity contribution is 4.66. The number of hydrogen-bond donors (Lipinski definition) is 0. The Hall–Kier alpha value is -0.120. The van der Waals surface area contributed by atoms with Crippen LogP contribution in [-0.4, -0.2) is 50.0 Å². The second-order valence-corrected chi connectivity index (χ2v) is 5.80. The normalized spacial score (nSPS) is 14.3. The molecule has 0 radical (unpaired) electrons. The molecular formula is C14H31NO2. The van der Waals surface area contributed by atoms with Gasteiger partial charge >= 0.3 is 0 Å². The summed E-state index contributed by atoms with van der Waals surface area (Å²) in [5.74, 6) is 0.686. The lowest BCUT2D eigenvalue weighted by atomic mass is 10.2. The molecule has 0 saturated carbocycles. The van der Waals surface area contributed by atoms with Crippen LogP contribution in [0.2, 0.25) is 0 Å². The molecule has 0 aromatic rings. The Morgan fingerprint density at radius 3 is 1.88 bits per heavy atom. The third-order valence-electron chi connectivity index (χ3n) is 2.27. The zero-order chi connectivity index (χ0) is 13.4. The molecule has 0 aromatic heterocycles. The Kier molecular flexibility index (Phi) is 8.83. The first-order valence-electron chi connectivity index (χ1n) is 6.76. The quantitative estimate of drug-likeness (QED) is 0.623. The monoisotopic (exact) mass is 245 g/mol. The number of rotatable bonds is 9. The highest BCUT2D eigenvalue weighted by atomic mass is 16.5. The van der Waals surface area contributed by atoms with Crippen molar-refractivity contribution in [3.63, 3.8) is 0 Å². The molecule has 0 rings (SSSR count). The summed E-state index contributed by atoms with van der Waals surface area (Å²) in [6.07, 6.45) is 0.688. The topological polar surface area (TPSA) is 21.7 Å². The molecule has 0 aliphatic heterocycles. The summed E-state index contributed by atoms with van der Waals surface area (Å²) in [5, 5.41) is 0. The van der Waals surface area contributed by atoms with Gasteiger partial charge in [-0.05, 0) is 40.7 Å². The number of likely N-dealkylation sites (N-methyl/N-ethyl adjacent to an activating group) is 1. The Morgan fingerprint density at radius 2 is 1.47 bits per heavy atom. The first-order valence-corrected chi connectivity index (χ1v) is 6.76. The van der Waals surface area contributed by atoms with E-state index in [0.717, 1.165) is 13.1 Å². The predicted molar refractivity (Wildman–Crippen MR) is 73.4 cm³/mol.